The summed E-state index contributed by atoms with van der Waals surface area (Å²) < 4.78 is 5.22. The van der Waals surface area contributed by atoms with Crippen molar-refractivity contribution in [2.45, 2.75) is 26.3 Å². The van der Waals surface area contributed by atoms with E-state index in [0.717, 1.165) is 35.4 Å². The smallest absolute Gasteiger partial charge is 0.128 e. The summed E-state index contributed by atoms with van der Waals surface area (Å²) in [5, 5.41) is 3.55. The van der Waals surface area contributed by atoms with Crippen LogP contribution in [0.25, 0.3) is 0 Å². The largest absolute Gasteiger partial charge is 0.497 e. The number of nitrogen functional groups attached to an aromatic ring is 1. The molecule has 3 N–H and O–H groups in total. The monoisotopic (exact) mass is 285 g/mol. The summed E-state index contributed by atoms with van der Waals surface area (Å²) in [5.74, 6) is 1.42. The number of aryl methyl sites for hydroxylation is 1. The Morgan fingerprint density at radius 3 is 2.62 bits per heavy atom. The summed E-state index contributed by atoms with van der Waals surface area (Å²) in [6.07, 6.45) is 2.86. The van der Waals surface area contributed by atoms with E-state index in [1.807, 2.05) is 19.1 Å². The summed E-state index contributed by atoms with van der Waals surface area (Å²) in [6, 6.07) is 10.2. The molecule has 1 aromatic heterocycles. The Hall–Kier alpha value is -2.07. The number of nitrogens with two attached hydrogens (primary N) is 1. The number of nitrogens with zero attached hydrogens (tertiary/aromatic N) is 1. The Balaban J connectivity index is 2.38. The van der Waals surface area contributed by atoms with Crippen molar-refractivity contribution in [3.63, 3.8) is 0 Å². The first-order valence-corrected chi connectivity index (χ1v) is 7.25. The number of aromatic nitrogens is 1. The highest BCUT2D eigenvalue weighted by molar-refractivity contribution is 5.47. The van der Waals surface area contributed by atoms with Crippen LogP contribution in [0.15, 0.2) is 36.5 Å². The van der Waals surface area contributed by atoms with Crippen LogP contribution in [-0.4, -0.2) is 18.6 Å². The molecule has 1 unspecified atom stereocenters. The lowest BCUT2D eigenvalue weighted by atomic mass is 9.98. The third-order valence-electron chi connectivity index (χ3n) is 3.44. The first-order valence-electron chi connectivity index (χ1n) is 7.25. The second-order valence-corrected chi connectivity index (χ2v) is 5.15. The molecular weight excluding hydrogens is 262 g/mol. The molecule has 0 spiro atoms. The lowest BCUT2D eigenvalue weighted by Crippen LogP contribution is -2.24. The zero-order valence-corrected chi connectivity index (χ0v) is 12.9. The molecule has 0 saturated heterocycles. The summed E-state index contributed by atoms with van der Waals surface area (Å²) in [4.78, 5) is 4.28. The standard InChI is InChI=1S/C17H23N3O/c1-4-9-19-16(13-5-7-14(21-3)8-6-13)15-10-12(2)11-20-17(15)18/h5-8,10-11,16,19H,4,9H2,1-3H3,(H2,18,20). The van der Waals surface area contributed by atoms with E-state index in [-0.39, 0.29) is 6.04 Å². The molecule has 2 aromatic rings. The number of nitrogens with one attached hydrogen (secondary N) is 1. The molecule has 0 amide bonds. The summed E-state index contributed by atoms with van der Waals surface area (Å²) in [5.41, 5.74) is 9.36. The number of methoxy groups -OCH3 is 1. The highest BCUT2D eigenvalue weighted by atomic mass is 16.5. The van der Waals surface area contributed by atoms with E-state index in [2.05, 4.69) is 35.4 Å². The topological polar surface area (TPSA) is 60.2 Å². The first kappa shape index (κ1) is 15.3. The number of pyridine rings is 1. The normalized spacial score (nSPS) is 12.1. The Morgan fingerprint density at radius 2 is 2.00 bits per heavy atom. The van der Waals surface area contributed by atoms with E-state index in [9.17, 15) is 0 Å². The Kier molecular flexibility index (Phi) is 5.17. The van der Waals surface area contributed by atoms with Crippen molar-refractivity contribution >= 4 is 5.82 Å². The molecule has 0 aliphatic carbocycles. The van der Waals surface area contributed by atoms with Crippen LogP contribution in [0.4, 0.5) is 5.82 Å². The van der Waals surface area contributed by atoms with Crippen molar-refractivity contribution in [2.24, 2.45) is 0 Å². The number of ether oxygens (including phenoxy) is 1. The van der Waals surface area contributed by atoms with Gasteiger partial charge in [0.05, 0.1) is 13.2 Å². The van der Waals surface area contributed by atoms with Crippen molar-refractivity contribution in [3.8, 4) is 5.75 Å². The van der Waals surface area contributed by atoms with Gasteiger partial charge in [0.2, 0.25) is 0 Å². The predicted octanol–water partition coefficient (Wildman–Crippen LogP) is 3.07. The van der Waals surface area contributed by atoms with E-state index >= 15 is 0 Å². The minimum atomic E-state index is 0.0447. The molecule has 1 atom stereocenters. The van der Waals surface area contributed by atoms with Gasteiger partial charge < -0.3 is 15.8 Å². The highest BCUT2D eigenvalue weighted by Crippen LogP contribution is 2.27. The van der Waals surface area contributed by atoms with Crippen LogP contribution in [0.3, 0.4) is 0 Å². The zero-order chi connectivity index (χ0) is 15.2. The van der Waals surface area contributed by atoms with Crippen LogP contribution < -0.4 is 15.8 Å². The molecule has 0 saturated carbocycles. The van der Waals surface area contributed by atoms with Gasteiger partial charge in [0.1, 0.15) is 11.6 Å². The minimum Gasteiger partial charge on any atom is -0.497 e. The molecule has 21 heavy (non-hydrogen) atoms. The van der Waals surface area contributed by atoms with Gasteiger partial charge in [-0.05, 0) is 49.2 Å². The van der Waals surface area contributed by atoms with Crippen LogP contribution in [0, 0.1) is 6.92 Å². The maximum atomic E-state index is 6.08. The predicted molar refractivity (Wildman–Crippen MR) is 86.5 cm³/mol. The van der Waals surface area contributed by atoms with Crippen LogP contribution in [0.2, 0.25) is 0 Å². The maximum absolute atomic E-state index is 6.08. The van der Waals surface area contributed by atoms with Crippen LogP contribution in [0.5, 0.6) is 5.75 Å². The van der Waals surface area contributed by atoms with Crippen LogP contribution in [0.1, 0.15) is 36.1 Å². The fraction of sp³-hybridized carbons (Fsp3) is 0.353. The third-order valence-corrected chi connectivity index (χ3v) is 3.44. The van der Waals surface area contributed by atoms with E-state index in [1.165, 1.54) is 0 Å². The van der Waals surface area contributed by atoms with Gasteiger partial charge in [-0.25, -0.2) is 4.98 Å². The lowest BCUT2D eigenvalue weighted by Gasteiger charge is -2.21. The average molecular weight is 285 g/mol. The van der Waals surface area contributed by atoms with E-state index in [0.29, 0.717) is 5.82 Å². The van der Waals surface area contributed by atoms with Crippen molar-refractivity contribution in [3.05, 3.63) is 53.2 Å². The van der Waals surface area contributed by atoms with Gasteiger partial charge in [-0.15, -0.1) is 0 Å². The van der Waals surface area contributed by atoms with Crippen LogP contribution >= 0.6 is 0 Å². The molecule has 1 aromatic carbocycles. The molecule has 0 radical (unpaired) electrons. The molecular formula is C17H23N3O. The second kappa shape index (κ2) is 7.09. The number of rotatable bonds is 6. The quantitative estimate of drug-likeness (QED) is 0.856. The first-order chi connectivity index (χ1) is 10.2. The molecule has 0 aliphatic heterocycles. The molecule has 0 aliphatic rings. The number of benzene rings is 1. The fourth-order valence-corrected chi connectivity index (χ4v) is 2.33. The average Bonchev–Trinajstić information content (AvgIpc) is 2.51. The van der Waals surface area contributed by atoms with Crippen molar-refractivity contribution in [2.75, 3.05) is 19.4 Å². The van der Waals surface area contributed by atoms with Crippen molar-refractivity contribution in [1.82, 2.24) is 10.3 Å². The van der Waals surface area contributed by atoms with Gasteiger partial charge in [-0.3, -0.25) is 0 Å². The fourth-order valence-electron chi connectivity index (χ4n) is 2.33. The SMILES string of the molecule is CCCNC(c1ccc(OC)cc1)c1cc(C)cnc1N. The molecule has 112 valence electrons. The molecule has 1 heterocycles. The lowest BCUT2D eigenvalue weighted by molar-refractivity contribution is 0.414. The molecule has 0 fully saturated rings. The summed E-state index contributed by atoms with van der Waals surface area (Å²) in [6.45, 7) is 5.10. The molecule has 2 rings (SSSR count). The molecule has 4 nitrogen and oxygen atoms in total. The van der Waals surface area contributed by atoms with E-state index in [1.54, 1.807) is 13.3 Å². The van der Waals surface area contributed by atoms with Crippen molar-refractivity contribution < 1.29 is 4.74 Å². The number of hydrogen-bond acceptors (Lipinski definition) is 4. The van der Waals surface area contributed by atoms with Gasteiger partial charge in [0.25, 0.3) is 0 Å². The van der Waals surface area contributed by atoms with Gasteiger partial charge in [0.15, 0.2) is 0 Å². The summed E-state index contributed by atoms with van der Waals surface area (Å²) >= 11 is 0. The third kappa shape index (κ3) is 3.73. The molecule has 4 heteroatoms. The molecule has 0 bridgehead atoms. The zero-order valence-electron chi connectivity index (χ0n) is 12.9. The van der Waals surface area contributed by atoms with Gasteiger partial charge in [-0.2, -0.15) is 0 Å². The Bertz CT molecular complexity index is 581. The van der Waals surface area contributed by atoms with Gasteiger partial charge in [0, 0.05) is 11.8 Å². The van der Waals surface area contributed by atoms with Gasteiger partial charge >= 0.3 is 0 Å². The van der Waals surface area contributed by atoms with E-state index < -0.39 is 0 Å². The van der Waals surface area contributed by atoms with E-state index in [4.69, 9.17) is 10.5 Å². The van der Waals surface area contributed by atoms with Crippen molar-refractivity contribution in [1.29, 1.82) is 0 Å². The maximum Gasteiger partial charge on any atom is 0.128 e. The Morgan fingerprint density at radius 1 is 1.29 bits per heavy atom. The Labute approximate surface area is 126 Å². The number of anilines is 1. The number of hydrogen-bond donors (Lipinski definition) is 2. The second-order valence-electron chi connectivity index (χ2n) is 5.15. The van der Waals surface area contributed by atoms with Crippen LogP contribution in [-0.2, 0) is 0 Å². The summed E-state index contributed by atoms with van der Waals surface area (Å²) in [7, 11) is 1.67. The van der Waals surface area contributed by atoms with Gasteiger partial charge in [-0.1, -0.05) is 19.1 Å². The minimum absolute atomic E-state index is 0.0447. The highest BCUT2D eigenvalue weighted by Gasteiger charge is 2.17.